The zero-order valence-electron chi connectivity index (χ0n) is 17.8. The van der Waals surface area contributed by atoms with E-state index in [9.17, 15) is 0 Å². The van der Waals surface area contributed by atoms with Crippen LogP contribution in [0.4, 0.5) is 0 Å². The highest BCUT2D eigenvalue weighted by Crippen LogP contribution is 2.29. The summed E-state index contributed by atoms with van der Waals surface area (Å²) in [5.41, 5.74) is 2.46. The third kappa shape index (κ3) is 6.43. The Labute approximate surface area is 185 Å². The van der Waals surface area contributed by atoms with Gasteiger partial charge in [-0.05, 0) is 69.9 Å². The SMILES string of the molecule is CC1(C)CC(NC(=S)N(Cc2ccccc2)Cc2ccccc2Cl)CC(C)(C)N1. The average Bonchev–Trinajstić information content (AvgIpc) is 2.61. The van der Waals surface area contributed by atoms with E-state index in [-0.39, 0.29) is 11.1 Å². The minimum atomic E-state index is 0.0715. The van der Waals surface area contributed by atoms with Gasteiger partial charge in [-0.1, -0.05) is 60.1 Å². The molecule has 3 nitrogen and oxygen atoms in total. The lowest BCUT2D eigenvalue weighted by Gasteiger charge is -2.47. The lowest BCUT2D eigenvalue weighted by Crippen LogP contribution is -2.62. The Hall–Kier alpha value is -1.62. The Morgan fingerprint density at radius 2 is 1.59 bits per heavy atom. The van der Waals surface area contributed by atoms with Crippen molar-refractivity contribution in [2.24, 2.45) is 0 Å². The number of nitrogens with zero attached hydrogens (tertiary/aromatic N) is 1. The van der Waals surface area contributed by atoms with Gasteiger partial charge in [0.05, 0.1) is 0 Å². The molecule has 0 radical (unpaired) electrons. The first-order valence-electron chi connectivity index (χ1n) is 10.3. The minimum absolute atomic E-state index is 0.0715. The van der Waals surface area contributed by atoms with Gasteiger partial charge in [0, 0.05) is 35.2 Å². The van der Waals surface area contributed by atoms with Crippen molar-refractivity contribution < 1.29 is 0 Å². The van der Waals surface area contributed by atoms with Crippen molar-refractivity contribution in [1.82, 2.24) is 15.5 Å². The number of nitrogens with one attached hydrogen (secondary N) is 2. The second-order valence-corrected chi connectivity index (χ2v) is 10.2. The standard InChI is InChI=1S/C24H32ClN3S/c1-23(2)14-20(15-24(3,4)27-23)26-22(29)28(16-18-10-6-5-7-11-18)17-19-12-8-9-13-21(19)25/h5-13,20,27H,14-17H2,1-4H3,(H,26,29). The van der Waals surface area contributed by atoms with Crippen molar-refractivity contribution in [3.05, 3.63) is 70.7 Å². The van der Waals surface area contributed by atoms with Gasteiger partial charge in [0.25, 0.3) is 0 Å². The third-order valence-corrected chi connectivity index (χ3v) is 6.09. The monoisotopic (exact) mass is 429 g/mol. The van der Waals surface area contributed by atoms with Crippen LogP contribution in [0, 0.1) is 0 Å². The van der Waals surface area contributed by atoms with Crippen LogP contribution >= 0.6 is 23.8 Å². The van der Waals surface area contributed by atoms with Gasteiger partial charge in [-0.3, -0.25) is 0 Å². The van der Waals surface area contributed by atoms with Crippen LogP contribution in [0.3, 0.4) is 0 Å². The minimum Gasteiger partial charge on any atom is -0.360 e. The molecular formula is C24H32ClN3S. The Morgan fingerprint density at radius 1 is 1.00 bits per heavy atom. The molecule has 1 fully saturated rings. The van der Waals surface area contributed by atoms with Crippen LogP contribution in [0.2, 0.25) is 5.02 Å². The summed E-state index contributed by atoms with van der Waals surface area (Å²) in [5.74, 6) is 0. The molecule has 0 saturated carbocycles. The van der Waals surface area contributed by atoms with Crippen LogP contribution in [0.25, 0.3) is 0 Å². The summed E-state index contributed by atoms with van der Waals surface area (Å²) in [7, 11) is 0. The van der Waals surface area contributed by atoms with E-state index in [1.807, 2.05) is 24.3 Å². The van der Waals surface area contributed by atoms with Crippen molar-refractivity contribution in [2.75, 3.05) is 0 Å². The zero-order valence-corrected chi connectivity index (χ0v) is 19.4. The number of benzene rings is 2. The number of hydrogen-bond acceptors (Lipinski definition) is 2. The van der Waals surface area contributed by atoms with Gasteiger partial charge in [0.2, 0.25) is 0 Å². The summed E-state index contributed by atoms with van der Waals surface area (Å²) in [6.07, 6.45) is 2.06. The molecule has 0 aromatic heterocycles. The normalized spacial score (nSPS) is 18.2. The molecule has 1 saturated heterocycles. The highest BCUT2D eigenvalue weighted by molar-refractivity contribution is 7.80. The van der Waals surface area contributed by atoms with Gasteiger partial charge in [-0.25, -0.2) is 0 Å². The lowest BCUT2D eigenvalue weighted by molar-refractivity contribution is 0.153. The van der Waals surface area contributed by atoms with Crippen LogP contribution in [-0.2, 0) is 13.1 Å². The second-order valence-electron chi connectivity index (χ2n) is 9.38. The fourth-order valence-corrected chi connectivity index (χ4v) is 5.02. The third-order valence-electron chi connectivity index (χ3n) is 5.34. The summed E-state index contributed by atoms with van der Waals surface area (Å²) in [6.45, 7) is 10.5. The van der Waals surface area contributed by atoms with E-state index >= 15 is 0 Å². The lowest BCUT2D eigenvalue weighted by atomic mass is 9.80. The fraction of sp³-hybridized carbons (Fsp3) is 0.458. The summed E-state index contributed by atoms with van der Waals surface area (Å²) < 4.78 is 0. The van der Waals surface area contributed by atoms with E-state index in [1.54, 1.807) is 0 Å². The topological polar surface area (TPSA) is 27.3 Å². The van der Waals surface area contributed by atoms with E-state index in [4.69, 9.17) is 23.8 Å². The van der Waals surface area contributed by atoms with Crippen molar-refractivity contribution in [3.63, 3.8) is 0 Å². The highest BCUT2D eigenvalue weighted by Gasteiger charge is 2.38. The predicted molar refractivity (Wildman–Crippen MR) is 127 cm³/mol. The fourth-order valence-electron chi connectivity index (χ4n) is 4.53. The van der Waals surface area contributed by atoms with E-state index in [2.05, 4.69) is 73.6 Å². The Kier molecular flexibility index (Phi) is 6.87. The van der Waals surface area contributed by atoms with Gasteiger partial charge in [0.15, 0.2) is 5.11 Å². The molecule has 3 rings (SSSR count). The maximum absolute atomic E-state index is 6.44. The maximum atomic E-state index is 6.44. The van der Waals surface area contributed by atoms with Gasteiger partial charge in [0.1, 0.15) is 0 Å². The van der Waals surface area contributed by atoms with Crippen LogP contribution in [-0.4, -0.2) is 27.1 Å². The molecule has 2 aromatic rings. The largest absolute Gasteiger partial charge is 0.360 e. The molecule has 1 heterocycles. The number of hydrogen-bond donors (Lipinski definition) is 2. The van der Waals surface area contributed by atoms with Crippen molar-refractivity contribution in [3.8, 4) is 0 Å². The van der Waals surface area contributed by atoms with Crippen LogP contribution in [0.5, 0.6) is 0 Å². The summed E-state index contributed by atoms with van der Waals surface area (Å²) in [6, 6.07) is 18.8. The van der Waals surface area contributed by atoms with Gasteiger partial charge in [-0.2, -0.15) is 0 Å². The average molecular weight is 430 g/mol. The molecular weight excluding hydrogens is 398 g/mol. The molecule has 29 heavy (non-hydrogen) atoms. The Balaban J connectivity index is 1.77. The maximum Gasteiger partial charge on any atom is 0.169 e. The van der Waals surface area contributed by atoms with E-state index < -0.39 is 0 Å². The summed E-state index contributed by atoms with van der Waals surface area (Å²) >= 11 is 12.3. The molecule has 0 aliphatic carbocycles. The summed E-state index contributed by atoms with van der Waals surface area (Å²) in [5, 5.41) is 8.96. The zero-order chi connectivity index (χ0) is 21.1. The molecule has 1 aliphatic rings. The number of thiocarbonyl (C=S) groups is 1. The molecule has 0 atom stereocenters. The van der Waals surface area contributed by atoms with E-state index in [1.165, 1.54) is 5.56 Å². The van der Waals surface area contributed by atoms with Gasteiger partial charge in [-0.15, -0.1) is 0 Å². The molecule has 0 bridgehead atoms. The molecule has 156 valence electrons. The van der Waals surface area contributed by atoms with E-state index in [0.717, 1.165) is 35.1 Å². The number of piperidine rings is 1. The van der Waals surface area contributed by atoms with Crippen LogP contribution < -0.4 is 10.6 Å². The molecule has 2 N–H and O–H groups in total. The quantitative estimate of drug-likeness (QED) is 0.611. The first-order chi connectivity index (χ1) is 13.6. The predicted octanol–water partition coefficient (Wildman–Crippen LogP) is 5.53. The van der Waals surface area contributed by atoms with Crippen molar-refractivity contribution in [2.45, 2.75) is 70.7 Å². The Bertz CT molecular complexity index is 819. The number of rotatable bonds is 5. The molecule has 0 unspecified atom stereocenters. The van der Waals surface area contributed by atoms with Crippen molar-refractivity contribution in [1.29, 1.82) is 0 Å². The highest BCUT2D eigenvalue weighted by atomic mass is 35.5. The first-order valence-corrected chi connectivity index (χ1v) is 11.0. The van der Waals surface area contributed by atoms with Gasteiger partial charge >= 0.3 is 0 Å². The second kappa shape index (κ2) is 9.03. The van der Waals surface area contributed by atoms with Crippen molar-refractivity contribution >= 4 is 28.9 Å². The molecule has 5 heteroatoms. The Morgan fingerprint density at radius 3 is 2.21 bits per heavy atom. The molecule has 1 aliphatic heterocycles. The van der Waals surface area contributed by atoms with Crippen LogP contribution in [0.1, 0.15) is 51.7 Å². The van der Waals surface area contributed by atoms with E-state index in [0.29, 0.717) is 12.6 Å². The molecule has 2 aromatic carbocycles. The summed E-state index contributed by atoms with van der Waals surface area (Å²) in [4.78, 5) is 2.22. The molecule has 0 amide bonds. The van der Waals surface area contributed by atoms with Gasteiger partial charge < -0.3 is 15.5 Å². The number of halogens is 1. The molecule has 0 spiro atoms. The first kappa shape index (κ1) is 22.1. The smallest absolute Gasteiger partial charge is 0.169 e. The van der Waals surface area contributed by atoms with Crippen LogP contribution in [0.15, 0.2) is 54.6 Å².